The van der Waals surface area contributed by atoms with Gasteiger partial charge < -0.3 is 70.2 Å². The monoisotopic (exact) mass is 1090 g/mol. The summed E-state index contributed by atoms with van der Waals surface area (Å²) in [4.78, 5) is 54.0. The fraction of sp³-hybridized carbons (Fsp3) is 0.509. The van der Waals surface area contributed by atoms with Crippen molar-refractivity contribution in [3.8, 4) is 0 Å². The van der Waals surface area contributed by atoms with Gasteiger partial charge in [0, 0.05) is 72.7 Å². The first-order valence-corrected chi connectivity index (χ1v) is 28.1. The molecular formula is C57H95N13O4S2. The highest BCUT2D eigenvalue weighted by molar-refractivity contribution is 7.99. The lowest BCUT2D eigenvalue weighted by atomic mass is 9.82. The topological polar surface area (TPSA) is 307 Å². The van der Waals surface area contributed by atoms with E-state index in [1.165, 1.54) is 5.56 Å². The van der Waals surface area contributed by atoms with Gasteiger partial charge in [0.15, 0.2) is 5.96 Å². The number of aliphatic imine (C=N–C) groups is 1. The largest absolute Gasteiger partial charge is 0.390 e. The third-order valence-corrected chi connectivity index (χ3v) is 14.0. The van der Waals surface area contributed by atoms with E-state index >= 15 is 0 Å². The summed E-state index contributed by atoms with van der Waals surface area (Å²) in [6.07, 6.45) is 11.5. The van der Waals surface area contributed by atoms with E-state index < -0.39 is 0 Å². The molecule has 0 bridgehead atoms. The van der Waals surface area contributed by atoms with Gasteiger partial charge in [-0.15, -0.1) is 23.5 Å². The van der Waals surface area contributed by atoms with Crippen LogP contribution >= 0.6 is 23.5 Å². The molecule has 3 rings (SSSR count). The van der Waals surface area contributed by atoms with Crippen molar-refractivity contribution in [1.82, 2.24) is 16.0 Å². The molecule has 76 heavy (non-hydrogen) atoms. The summed E-state index contributed by atoms with van der Waals surface area (Å²) in [5.74, 6) is 2.75. The summed E-state index contributed by atoms with van der Waals surface area (Å²) < 4.78 is 0. The molecule has 0 saturated carbocycles. The van der Waals surface area contributed by atoms with E-state index in [1.807, 2.05) is 40.1 Å². The first-order chi connectivity index (χ1) is 35.9. The quantitative estimate of drug-likeness (QED) is 0.0106. The van der Waals surface area contributed by atoms with Crippen molar-refractivity contribution >= 4 is 76.8 Å². The van der Waals surface area contributed by atoms with Gasteiger partial charge in [-0.25, -0.2) is 0 Å². The average Bonchev–Trinajstić information content (AvgIpc) is 3.37. The lowest BCUT2D eigenvalue weighted by molar-refractivity contribution is -0.117. The Kier molecular flexibility index (Phi) is 35.3. The number of carbonyl (C=O) groups excluding carboxylic acids is 4. The van der Waals surface area contributed by atoms with Crippen LogP contribution in [0.3, 0.4) is 0 Å². The predicted octanol–water partition coefficient (Wildman–Crippen LogP) is 9.49. The van der Waals surface area contributed by atoms with Gasteiger partial charge in [0.25, 0.3) is 11.8 Å². The van der Waals surface area contributed by atoms with Crippen LogP contribution in [-0.2, 0) is 20.4 Å². The maximum absolute atomic E-state index is 14.0. The molecule has 0 aliphatic rings. The van der Waals surface area contributed by atoms with Gasteiger partial charge >= 0.3 is 0 Å². The molecule has 3 aromatic rings. The van der Waals surface area contributed by atoms with Crippen molar-refractivity contribution in [2.24, 2.45) is 33.7 Å². The smallest absolute Gasteiger partial charge is 0.255 e. The standard InChI is InChI=1S/C43H63N7O2S2.C7H15N3O.C6H13NO.CH4N2/c1-12-36(44)47-18-20-53-38-32(27(4)5)23-30(42(6,7)8)24-34(38)49-40(51)28-16-15-17-29(22-28)41(52)50-35-26-31(43(9,10)14-3)25-33(46-11)39(35)54-21-19-48-37(45)13-2;1-6(11)4-2-3-5-10-7(8)9;1-7-5-3-2-4-6-8;2-1-3/h12-13,15-17,22-27,46-48H,14,18-21,44-45H2,1-11H3,(H,49,51)(H,50,52);2-5H2,1H3,(H4,8,9,10);6-7H,2-5H2,1H3;1H,(H3,2,3)/b36-12+,37-13+;;;. The number of guanidine groups is 1. The number of benzene rings is 3. The molecule has 0 aliphatic carbocycles. The Hall–Kier alpha value is -6.18. The SMILES string of the molecule is C/C=C(\N)NCCSc1c(NC)cc(C(C)(C)CC)cc1NC(=O)c1cccc(C(=O)Nc2cc(C(C)(C)C)cc(C(C)C)c2SCCN/C(N)=C/C)c1.CC(=O)CCCCN=C(N)N.CNCCCCC=O.N=CN. The molecule has 0 atom stereocenters. The van der Waals surface area contributed by atoms with Crippen LogP contribution in [0.25, 0.3) is 0 Å². The van der Waals surface area contributed by atoms with Crippen molar-refractivity contribution in [2.75, 3.05) is 67.7 Å². The second kappa shape index (κ2) is 38.4. The lowest BCUT2D eigenvalue weighted by Gasteiger charge is -2.27. The Labute approximate surface area is 464 Å². The van der Waals surface area contributed by atoms with Crippen molar-refractivity contribution in [3.05, 3.63) is 100 Å². The number of nitrogens with one attached hydrogen (secondary N) is 7. The summed E-state index contributed by atoms with van der Waals surface area (Å²) in [6, 6.07) is 15.5. The summed E-state index contributed by atoms with van der Waals surface area (Å²) in [6.45, 7) is 25.8. The summed E-state index contributed by atoms with van der Waals surface area (Å²) in [5.41, 5.74) is 32.9. The van der Waals surface area contributed by atoms with Crippen LogP contribution in [0.5, 0.6) is 0 Å². The van der Waals surface area contributed by atoms with Crippen LogP contribution in [0.1, 0.15) is 164 Å². The second-order valence-corrected chi connectivity index (χ2v) is 21.9. The normalized spacial score (nSPS) is 11.3. The van der Waals surface area contributed by atoms with E-state index in [9.17, 15) is 19.2 Å². The third-order valence-electron chi connectivity index (χ3n) is 11.7. The van der Waals surface area contributed by atoms with Gasteiger partial charge in [0.05, 0.1) is 34.3 Å². The Morgan fingerprint density at radius 2 is 1.25 bits per heavy atom. The highest BCUT2D eigenvalue weighted by Gasteiger charge is 2.25. The molecule has 0 radical (unpaired) electrons. The average molecular weight is 1090 g/mol. The molecule has 0 unspecified atom stereocenters. The molecule has 0 saturated heterocycles. The Balaban J connectivity index is 0.00000212. The van der Waals surface area contributed by atoms with E-state index in [4.69, 9.17) is 28.3 Å². The number of aldehydes is 1. The number of rotatable bonds is 28. The number of ketones is 1. The number of anilines is 3. The van der Waals surface area contributed by atoms with Crippen molar-refractivity contribution in [2.45, 2.75) is 148 Å². The molecule has 0 aliphatic heterocycles. The van der Waals surface area contributed by atoms with E-state index in [0.717, 1.165) is 101 Å². The molecule has 17 nitrogen and oxygen atoms in total. The van der Waals surface area contributed by atoms with Gasteiger partial charge in [-0.2, -0.15) is 0 Å². The van der Waals surface area contributed by atoms with Crippen molar-refractivity contribution < 1.29 is 19.2 Å². The zero-order valence-corrected chi connectivity index (χ0v) is 49.6. The fourth-order valence-corrected chi connectivity index (χ4v) is 8.87. The van der Waals surface area contributed by atoms with E-state index in [0.29, 0.717) is 55.2 Å². The molecule has 2 amide bonds. The highest BCUT2D eigenvalue weighted by Crippen LogP contribution is 2.41. The zero-order chi connectivity index (χ0) is 57.9. The molecule has 0 spiro atoms. The van der Waals surface area contributed by atoms with E-state index in [2.05, 4.69) is 122 Å². The second-order valence-electron chi connectivity index (χ2n) is 19.7. The highest BCUT2D eigenvalue weighted by atomic mass is 32.2. The van der Waals surface area contributed by atoms with Crippen LogP contribution < -0.4 is 60.6 Å². The zero-order valence-electron chi connectivity index (χ0n) is 48.0. The van der Waals surface area contributed by atoms with Crippen LogP contribution in [-0.4, -0.2) is 88.0 Å². The number of thioether (sulfide) groups is 2. The number of carbonyl (C=O) groups is 4. The van der Waals surface area contributed by atoms with Crippen molar-refractivity contribution in [1.29, 1.82) is 5.41 Å². The molecule has 0 aromatic heterocycles. The number of Topliss-reactive ketones (excluding diaryl/α,β-unsaturated/α-hetero) is 1. The molecule has 19 heteroatoms. The first-order valence-electron chi connectivity index (χ1n) is 26.1. The molecular weight excluding hydrogens is 995 g/mol. The number of unbranched alkanes of at least 4 members (excludes halogenated alkanes) is 3. The summed E-state index contributed by atoms with van der Waals surface area (Å²) in [5, 5.41) is 25.1. The van der Waals surface area contributed by atoms with E-state index in [1.54, 1.807) is 54.7 Å². The molecule has 17 N–H and O–H groups in total. The number of nitrogens with zero attached hydrogens (tertiary/aromatic N) is 1. The number of hydrogen-bond acceptors (Lipinski definition) is 14. The molecule has 424 valence electrons. The Morgan fingerprint density at radius 3 is 1.70 bits per heavy atom. The van der Waals surface area contributed by atoms with Gasteiger partial charge in [0.2, 0.25) is 0 Å². The van der Waals surface area contributed by atoms with Crippen LogP contribution in [0.2, 0.25) is 0 Å². The van der Waals surface area contributed by atoms with Gasteiger partial charge in [-0.3, -0.25) is 20.0 Å². The summed E-state index contributed by atoms with van der Waals surface area (Å²) in [7, 11) is 3.81. The Bertz CT molecular complexity index is 2340. The maximum atomic E-state index is 14.0. The minimum Gasteiger partial charge on any atom is -0.390 e. The fourth-order valence-electron chi connectivity index (χ4n) is 6.74. The first kappa shape index (κ1) is 69.8. The van der Waals surface area contributed by atoms with Gasteiger partial charge in [-0.1, -0.05) is 67.5 Å². The summed E-state index contributed by atoms with van der Waals surface area (Å²) >= 11 is 3.33. The third kappa shape index (κ3) is 28.1. The number of nitrogens with two attached hydrogens (primary N) is 5. The Morgan fingerprint density at radius 1 is 0.737 bits per heavy atom. The minimum absolute atomic E-state index is 0.110. The van der Waals surface area contributed by atoms with Crippen LogP contribution in [0.4, 0.5) is 17.1 Å². The number of allylic oxidation sites excluding steroid dienone is 2. The van der Waals surface area contributed by atoms with Gasteiger partial charge in [-0.05, 0) is 148 Å². The van der Waals surface area contributed by atoms with Gasteiger partial charge in [0.1, 0.15) is 12.1 Å². The maximum Gasteiger partial charge on any atom is 0.255 e. The lowest BCUT2D eigenvalue weighted by Crippen LogP contribution is -2.22. The van der Waals surface area contributed by atoms with Crippen molar-refractivity contribution in [3.63, 3.8) is 0 Å². The number of amides is 2. The van der Waals surface area contributed by atoms with Crippen LogP contribution in [0.15, 0.2) is 87.1 Å². The molecule has 3 aromatic carbocycles. The molecule has 0 fully saturated rings. The van der Waals surface area contributed by atoms with Crippen LogP contribution in [0, 0.1) is 5.41 Å². The molecule has 0 heterocycles. The minimum atomic E-state index is -0.294. The van der Waals surface area contributed by atoms with E-state index in [-0.39, 0.29) is 40.3 Å². The predicted molar refractivity (Wildman–Crippen MR) is 326 cm³/mol. The number of hydrogen-bond donors (Lipinski definition) is 12.